The van der Waals surface area contributed by atoms with E-state index in [0.717, 1.165) is 36.8 Å². The molecule has 1 unspecified atom stereocenters. The van der Waals surface area contributed by atoms with Gasteiger partial charge in [0.2, 0.25) is 5.78 Å². The summed E-state index contributed by atoms with van der Waals surface area (Å²) in [6.45, 7) is 0. The standard InChI is InChI=1S/C26H26O4/c1-30-22(16-6-5-11-17-9-3-2-4-10-17)23-18-12-7-14-20(27)24(18)26(29)25-19(23)13-8-15-21(25)28/h2-4,7-10,12-15,22-23,27-28H,5-6,11,16H2,1H3. The van der Waals surface area contributed by atoms with Gasteiger partial charge in [-0.1, -0.05) is 61.0 Å². The van der Waals surface area contributed by atoms with Crippen LogP contribution in [0.5, 0.6) is 11.5 Å². The largest absolute Gasteiger partial charge is 0.507 e. The fourth-order valence-electron chi connectivity index (χ4n) is 4.56. The number of fused-ring (bicyclic) bond motifs is 2. The van der Waals surface area contributed by atoms with E-state index < -0.39 is 0 Å². The van der Waals surface area contributed by atoms with Crippen LogP contribution in [0.3, 0.4) is 0 Å². The second-order valence-corrected chi connectivity index (χ2v) is 7.80. The third-order valence-electron chi connectivity index (χ3n) is 6.00. The van der Waals surface area contributed by atoms with Crippen LogP contribution in [0, 0.1) is 0 Å². The Bertz CT molecular complexity index is 987. The lowest BCUT2D eigenvalue weighted by Crippen LogP contribution is -2.29. The number of methoxy groups -OCH3 is 1. The molecule has 4 rings (SSSR count). The number of aryl methyl sites for hydroxylation is 1. The van der Waals surface area contributed by atoms with E-state index >= 15 is 0 Å². The van der Waals surface area contributed by atoms with Crippen molar-refractivity contribution in [3.8, 4) is 11.5 Å². The molecule has 1 aliphatic carbocycles. The Balaban J connectivity index is 1.62. The number of hydrogen-bond acceptors (Lipinski definition) is 4. The lowest BCUT2D eigenvalue weighted by atomic mass is 9.73. The summed E-state index contributed by atoms with van der Waals surface area (Å²) < 4.78 is 5.90. The summed E-state index contributed by atoms with van der Waals surface area (Å²) in [5.41, 5.74) is 3.37. The van der Waals surface area contributed by atoms with Crippen molar-refractivity contribution in [1.82, 2.24) is 0 Å². The number of carbonyl (C=O) groups is 1. The van der Waals surface area contributed by atoms with Gasteiger partial charge in [0.05, 0.1) is 17.2 Å². The van der Waals surface area contributed by atoms with Crippen LogP contribution in [0.4, 0.5) is 0 Å². The van der Waals surface area contributed by atoms with Crippen molar-refractivity contribution < 1.29 is 19.7 Å². The van der Waals surface area contributed by atoms with Gasteiger partial charge in [-0.15, -0.1) is 0 Å². The Morgan fingerprint density at radius 2 is 1.43 bits per heavy atom. The fourth-order valence-corrected chi connectivity index (χ4v) is 4.56. The van der Waals surface area contributed by atoms with Crippen LogP contribution < -0.4 is 0 Å². The SMILES string of the molecule is COC(CCCCc1ccccc1)C1c2cccc(O)c2C(=O)c2c(O)cccc21. The van der Waals surface area contributed by atoms with Crippen molar-refractivity contribution in [2.75, 3.05) is 7.11 Å². The van der Waals surface area contributed by atoms with Gasteiger partial charge in [-0.25, -0.2) is 0 Å². The lowest BCUT2D eigenvalue weighted by molar-refractivity contribution is 0.0772. The minimum Gasteiger partial charge on any atom is -0.507 e. The average molecular weight is 402 g/mol. The van der Waals surface area contributed by atoms with Crippen molar-refractivity contribution >= 4 is 5.78 Å². The molecule has 0 bridgehead atoms. The zero-order chi connectivity index (χ0) is 21.1. The number of carbonyl (C=O) groups excluding carboxylic acids is 1. The van der Waals surface area contributed by atoms with Gasteiger partial charge in [0, 0.05) is 13.0 Å². The van der Waals surface area contributed by atoms with E-state index in [1.165, 1.54) is 17.7 Å². The summed E-state index contributed by atoms with van der Waals surface area (Å²) in [6, 6.07) is 20.7. The van der Waals surface area contributed by atoms with Crippen LogP contribution in [0.15, 0.2) is 66.7 Å². The summed E-state index contributed by atoms with van der Waals surface area (Å²) >= 11 is 0. The zero-order valence-electron chi connectivity index (χ0n) is 17.0. The Hall–Kier alpha value is -3.11. The van der Waals surface area contributed by atoms with Crippen LogP contribution in [0.1, 0.15) is 57.8 Å². The molecule has 0 saturated carbocycles. The molecular weight excluding hydrogens is 376 g/mol. The molecule has 3 aromatic rings. The number of phenols is 2. The maximum absolute atomic E-state index is 13.1. The van der Waals surface area contributed by atoms with Crippen molar-refractivity contribution in [2.45, 2.75) is 37.7 Å². The molecule has 0 aliphatic heterocycles. The van der Waals surface area contributed by atoms with Gasteiger partial charge in [-0.05, 0) is 48.1 Å². The maximum Gasteiger partial charge on any atom is 0.201 e. The van der Waals surface area contributed by atoms with Crippen LogP contribution >= 0.6 is 0 Å². The number of hydrogen-bond donors (Lipinski definition) is 2. The van der Waals surface area contributed by atoms with Crippen molar-refractivity contribution in [3.63, 3.8) is 0 Å². The number of ether oxygens (including phenoxy) is 1. The second kappa shape index (κ2) is 8.72. The van der Waals surface area contributed by atoms with Gasteiger partial charge in [-0.2, -0.15) is 0 Å². The molecule has 154 valence electrons. The number of phenolic OH excluding ortho intramolecular Hbond substituents is 2. The van der Waals surface area contributed by atoms with Crippen LogP contribution in [0.2, 0.25) is 0 Å². The van der Waals surface area contributed by atoms with E-state index in [9.17, 15) is 15.0 Å². The summed E-state index contributed by atoms with van der Waals surface area (Å²) in [7, 11) is 1.68. The molecule has 0 spiro atoms. The highest BCUT2D eigenvalue weighted by Gasteiger charge is 2.38. The molecule has 0 aromatic heterocycles. The third-order valence-corrected chi connectivity index (χ3v) is 6.00. The van der Waals surface area contributed by atoms with E-state index in [4.69, 9.17) is 4.74 Å². The van der Waals surface area contributed by atoms with E-state index in [2.05, 4.69) is 24.3 Å². The van der Waals surface area contributed by atoms with Crippen LogP contribution in [-0.2, 0) is 11.2 Å². The minimum absolute atomic E-state index is 0.0599. The summed E-state index contributed by atoms with van der Waals surface area (Å²) in [5, 5.41) is 20.8. The predicted molar refractivity (Wildman–Crippen MR) is 116 cm³/mol. The number of unbranched alkanes of at least 4 members (excludes halogenated alkanes) is 1. The van der Waals surface area contributed by atoms with Crippen LogP contribution in [0.25, 0.3) is 0 Å². The first-order valence-corrected chi connectivity index (χ1v) is 10.4. The maximum atomic E-state index is 13.1. The lowest BCUT2D eigenvalue weighted by Gasteiger charge is -2.33. The van der Waals surface area contributed by atoms with E-state index in [1.54, 1.807) is 19.2 Å². The number of aromatic hydroxyl groups is 2. The molecule has 1 aliphatic rings. The Labute approximate surface area is 176 Å². The molecule has 0 radical (unpaired) electrons. The zero-order valence-corrected chi connectivity index (χ0v) is 17.0. The van der Waals surface area contributed by atoms with Crippen molar-refractivity contribution in [1.29, 1.82) is 0 Å². The van der Waals surface area contributed by atoms with E-state index in [0.29, 0.717) is 0 Å². The van der Waals surface area contributed by atoms with Gasteiger partial charge in [0.15, 0.2) is 0 Å². The van der Waals surface area contributed by atoms with Gasteiger partial charge < -0.3 is 14.9 Å². The monoisotopic (exact) mass is 402 g/mol. The third kappa shape index (κ3) is 3.71. The molecule has 1 atom stereocenters. The van der Waals surface area contributed by atoms with E-state index in [1.807, 2.05) is 18.2 Å². The van der Waals surface area contributed by atoms with Crippen LogP contribution in [-0.4, -0.2) is 29.2 Å². The second-order valence-electron chi connectivity index (χ2n) is 7.80. The highest BCUT2D eigenvalue weighted by atomic mass is 16.5. The molecule has 4 nitrogen and oxygen atoms in total. The van der Waals surface area contributed by atoms with Crippen molar-refractivity contribution in [2.24, 2.45) is 0 Å². The molecule has 3 aromatic carbocycles. The number of rotatable bonds is 7. The Morgan fingerprint density at radius 1 is 0.833 bits per heavy atom. The Morgan fingerprint density at radius 3 is 2.00 bits per heavy atom. The first-order valence-electron chi connectivity index (χ1n) is 10.4. The summed E-state index contributed by atoms with van der Waals surface area (Å²) in [5.74, 6) is -0.689. The summed E-state index contributed by atoms with van der Waals surface area (Å²) in [4.78, 5) is 13.1. The average Bonchev–Trinajstić information content (AvgIpc) is 2.76. The quantitative estimate of drug-likeness (QED) is 0.533. The normalized spacial score (nSPS) is 14.2. The summed E-state index contributed by atoms with van der Waals surface area (Å²) in [6.07, 6.45) is 3.66. The van der Waals surface area contributed by atoms with Gasteiger partial charge in [0.1, 0.15) is 11.5 Å². The molecule has 0 fully saturated rings. The highest BCUT2D eigenvalue weighted by Crippen LogP contribution is 2.45. The number of benzene rings is 3. The minimum atomic E-state index is -0.341. The smallest absolute Gasteiger partial charge is 0.201 e. The number of ketones is 1. The molecule has 2 N–H and O–H groups in total. The topological polar surface area (TPSA) is 66.8 Å². The van der Waals surface area contributed by atoms with Gasteiger partial charge in [-0.3, -0.25) is 4.79 Å². The van der Waals surface area contributed by atoms with Gasteiger partial charge >= 0.3 is 0 Å². The molecule has 30 heavy (non-hydrogen) atoms. The molecule has 0 heterocycles. The fraction of sp³-hybridized carbons (Fsp3) is 0.269. The first-order chi connectivity index (χ1) is 14.6. The molecule has 0 amide bonds. The molecule has 0 saturated heterocycles. The highest BCUT2D eigenvalue weighted by molar-refractivity contribution is 6.15. The van der Waals surface area contributed by atoms with Gasteiger partial charge in [0.25, 0.3) is 0 Å². The molecular formula is C26H26O4. The molecule has 4 heteroatoms. The first kappa shape index (κ1) is 20.2. The Kier molecular flexibility index (Phi) is 5.86. The van der Waals surface area contributed by atoms with E-state index in [-0.39, 0.29) is 40.4 Å². The van der Waals surface area contributed by atoms with Crippen molar-refractivity contribution in [3.05, 3.63) is 94.5 Å². The predicted octanol–water partition coefficient (Wildman–Crippen LogP) is 5.20.